The van der Waals surface area contributed by atoms with E-state index in [0.717, 1.165) is 32.1 Å². The van der Waals surface area contributed by atoms with Crippen molar-refractivity contribution in [2.24, 2.45) is 5.92 Å². The Hall–Kier alpha value is -3.08. The number of nitrogens with zero attached hydrogens (tertiary/aromatic N) is 6. The standard InChI is InChI=1S/C24H31F2N7O2/c1-3-16-4-6-17(7-5-16)33-13-19(21(30-33)22(25)26)28-24(34)18-12-27-32-9-8-20(29-23(18)32)31-10-11-35-14-15(31)2/h8-9,12-13,15-17,22H,3-7,10-11,14H2,1-2H3,(H,28,34)/t15-,16?,17?/m0/s1. The molecule has 2 fully saturated rings. The highest BCUT2D eigenvalue weighted by Gasteiger charge is 2.27. The van der Waals surface area contributed by atoms with E-state index in [9.17, 15) is 13.6 Å². The van der Waals surface area contributed by atoms with E-state index >= 15 is 0 Å². The van der Waals surface area contributed by atoms with Crippen LogP contribution >= 0.6 is 0 Å². The first kappa shape index (κ1) is 23.7. The van der Waals surface area contributed by atoms with E-state index in [1.807, 2.05) is 13.0 Å². The number of alkyl halides is 2. The minimum absolute atomic E-state index is 0.0277. The van der Waals surface area contributed by atoms with E-state index in [1.54, 1.807) is 10.9 Å². The second-order valence-electron chi connectivity index (χ2n) is 9.48. The lowest BCUT2D eigenvalue weighted by atomic mass is 9.85. The van der Waals surface area contributed by atoms with Gasteiger partial charge in [0.15, 0.2) is 11.3 Å². The van der Waals surface area contributed by atoms with Crippen LogP contribution in [0.1, 0.15) is 74.5 Å². The minimum atomic E-state index is -2.80. The Balaban J connectivity index is 1.39. The molecule has 1 saturated heterocycles. The predicted molar refractivity (Wildman–Crippen MR) is 127 cm³/mol. The van der Waals surface area contributed by atoms with Crippen LogP contribution in [-0.2, 0) is 4.74 Å². The third-order valence-corrected chi connectivity index (χ3v) is 7.24. The van der Waals surface area contributed by atoms with Crippen LogP contribution in [0.5, 0.6) is 0 Å². The Morgan fingerprint density at radius 3 is 2.80 bits per heavy atom. The number of hydrogen-bond acceptors (Lipinski definition) is 6. The summed E-state index contributed by atoms with van der Waals surface area (Å²) >= 11 is 0. The van der Waals surface area contributed by atoms with Crippen molar-refractivity contribution in [2.45, 2.75) is 64.5 Å². The third kappa shape index (κ3) is 4.73. The number of aromatic nitrogens is 5. The van der Waals surface area contributed by atoms with Gasteiger partial charge in [-0.25, -0.2) is 18.3 Å². The highest BCUT2D eigenvalue weighted by atomic mass is 19.3. The second-order valence-corrected chi connectivity index (χ2v) is 9.48. The number of ether oxygens (including phenoxy) is 1. The molecule has 1 atom stereocenters. The first-order chi connectivity index (χ1) is 16.9. The predicted octanol–water partition coefficient (Wildman–Crippen LogP) is 4.48. The van der Waals surface area contributed by atoms with Crippen molar-refractivity contribution in [3.05, 3.63) is 35.9 Å². The largest absolute Gasteiger partial charge is 0.377 e. The number of rotatable bonds is 6. The Labute approximate surface area is 202 Å². The van der Waals surface area contributed by atoms with Crippen LogP contribution in [0.2, 0.25) is 0 Å². The maximum Gasteiger partial charge on any atom is 0.284 e. The van der Waals surface area contributed by atoms with Gasteiger partial charge in [0.2, 0.25) is 0 Å². The molecule has 0 unspecified atom stereocenters. The molecule has 1 saturated carbocycles. The Morgan fingerprint density at radius 1 is 1.29 bits per heavy atom. The molecule has 1 aliphatic carbocycles. The average molecular weight is 488 g/mol. The SMILES string of the molecule is CCC1CCC(n2cc(NC(=O)c3cnn4ccc(N5CCOC[C@@H]5C)nc34)c(C(F)F)n2)CC1. The van der Waals surface area contributed by atoms with Crippen LogP contribution in [0.3, 0.4) is 0 Å². The zero-order chi connectivity index (χ0) is 24.5. The fraction of sp³-hybridized carbons (Fsp3) is 0.583. The maximum absolute atomic E-state index is 13.8. The van der Waals surface area contributed by atoms with Gasteiger partial charge in [0.25, 0.3) is 12.3 Å². The molecule has 3 aromatic heterocycles. The summed E-state index contributed by atoms with van der Waals surface area (Å²) in [5.74, 6) is 0.853. The van der Waals surface area contributed by atoms with E-state index in [0.29, 0.717) is 37.1 Å². The number of anilines is 2. The fourth-order valence-corrected chi connectivity index (χ4v) is 5.10. The van der Waals surface area contributed by atoms with E-state index in [-0.39, 0.29) is 23.3 Å². The van der Waals surface area contributed by atoms with Gasteiger partial charge >= 0.3 is 0 Å². The van der Waals surface area contributed by atoms with E-state index in [4.69, 9.17) is 4.74 Å². The van der Waals surface area contributed by atoms with Crippen LogP contribution in [-0.4, -0.2) is 56.1 Å². The topological polar surface area (TPSA) is 89.6 Å². The molecule has 1 N–H and O–H groups in total. The quantitative estimate of drug-likeness (QED) is 0.551. The van der Waals surface area contributed by atoms with Gasteiger partial charge < -0.3 is 15.0 Å². The van der Waals surface area contributed by atoms with Crippen LogP contribution in [0.4, 0.5) is 20.3 Å². The van der Waals surface area contributed by atoms with Gasteiger partial charge in [-0.2, -0.15) is 10.2 Å². The zero-order valence-electron chi connectivity index (χ0n) is 20.0. The number of carbonyl (C=O) groups excluding carboxylic acids is 1. The Bertz CT molecular complexity index is 1190. The minimum Gasteiger partial charge on any atom is -0.377 e. The monoisotopic (exact) mass is 487 g/mol. The summed E-state index contributed by atoms with van der Waals surface area (Å²) in [4.78, 5) is 19.9. The number of nitrogens with one attached hydrogen (secondary N) is 1. The fourth-order valence-electron chi connectivity index (χ4n) is 5.10. The second kappa shape index (κ2) is 9.88. The van der Waals surface area contributed by atoms with Crippen molar-refractivity contribution in [2.75, 3.05) is 30.0 Å². The highest BCUT2D eigenvalue weighted by molar-refractivity contribution is 6.08. The van der Waals surface area contributed by atoms with Gasteiger partial charge in [-0.1, -0.05) is 13.3 Å². The number of fused-ring (bicyclic) bond motifs is 1. The maximum atomic E-state index is 13.8. The molecule has 3 aromatic rings. The molecule has 1 amide bonds. The van der Waals surface area contributed by atoms with Crippen LogP contribution < -0.4 is 10.2 Å². The first-order valence-corrected chi connectivity index (χ1v) is 12.3. The molecule has 1 aliphatic heterocycles. The Kier molecular flexibility index (Phi) is 6.68. The van der Waals surface area contributed by atoms with Crippen molar-refractivity contribution in [3.63, 3.8) is 0 Å². The van der Waals surface area contributed by atoms with Crippen LogP contribution in [0.15, 0.2) is 24.7 Å². The van der Waals surface area contributed by atoms with Gasteiger partial charge in [-0.05, 0) is 44.6 Å². The molecular weight excluding hydrogens is 456 g/mol. The van der Waals surface area contributed by atoms with Gasteiger partial charge in [0.05, 0.1) is 37.2 Å². The summed E-state index contributed by atoms with van der Waals surface area (Å²) < 4.78 is 36.2. The lowest BCUT2D eigenvalue weighted by Gasteiger charge is -2.34. The van der Waals surface area contributed by atoms with Crippen molar-refractivity contribution in [3.8, 4) is 0 Å². The summed E-state index contributed by atoms with van der Waals surface area (Å²) in [5, 5.41) is 11.0. The summed E-state index contributed by atoms with van der Waals surface area (Å²) in [6, 6.07) is 2.05. The van der Waals surface area contributed by atoms with Gasteiger partial charge in [0, 0.05) is 18.9 Å². The molecule has 9 nitrogen and oxygen atoms in total. The molecule has 5 rings (SSSR count). The lowest BCUT2D eigenvalue weighted by molar-refractivity contribution is 0.0985. The average Bonchev–Trinajstić information content (AvgIpc) is 3.48. The van der Waals surface area contributed by atoms with Crippen molar-refractivity contribution >= 4 is 23.1 Å². The number of morpholine rings is 1. The van der Waals surface area contributed by atoms with E-state index < -0.39 is 18.0 Å². The molecule has 0 aromatic carbocycles. The third-order valence-electron chi connectivity index (χ3n) is 7.24. The summed E-state index contributed by atoms with van der Waals surface area (Å²) in [7, 11) is 0. The van der Waals surface area contributed by atoms with Crippen LogP contribution in [0.25, 0.3) is 5.65 Å². The number of halogens is 2. The highest BCUT2D eigenvalue weighted by Crippen LogP contribution is 2.36. The number of carbonyl (C=O) groups is 1. The number of amides is 1. The van der Waals surface area contributed by atoms with Gasteiger partial charge in [-0.15, -0.1) is 0 Å². The zero-order valence-corrected chi connectivity index (χ0v) is 20.0. The Morgan fingerprint density at radius 2 is 2.09 bits per heavy atom. The molecule has 0 radical (unpaired) electrons. The van der Waals surface area contributed by atoms with E-state index in [2.05, 4.69) is 32.3 Å². The molecule has 0 spiro atoms. The van der Waals surface area contributed by atoms with Crippen molar-refractivity contribution < 1.29 is 18.3 Å². The molecule has 4 heterocycles. The molecule has 35 heavy (non-hydrogen) atoms. The molecule has 11 heteroatoms. The molecule has 188 valence electrons. The van der Waals surface area contributed by atoms with Gasteiger partial charge in [-0.3, -0.25) is 9.48 Å². The summed E-state index contributed by atoms with van der Waals surface area (Å²) in [5.41, 5.74) is 0.190. The molecule has 0 bridgehead atoms. The summed E-state index contributed by atoms with van der Waals surface area (Å²) in [6.45, 7) is 6.12. The van der Waals surface area contributed by atoms with Crippen molar-refractivity contribution in [1.82, 2.24) is 24.4 Å². The van der Waals surface area contributed by atoms with Crippen LogP contribution in [0, 0.1) is 5.92 Å². The molecular formula is C24H31F2N7O2. The first-order valence-electron chi connectivity index (χ1n) is 12.3. The molecule has 2 aliphatic rings. The smallest absolute Gasteiger partial charge is 0.284 e. The van der Waals surface area contributed by atoms with Crippen molar-refractivity contribution in [1.29, 1.82) is 0 Å². The number of hydrogen-bond donors (Lipinski definition) is 1. The van der Waals surface area contributed by atoms with E-state index in [1.165, 1.54) is 16.9 Å². The lowest BCUT2D eigenvalue weighted by Crippen LogP contribution is -2.44. The normalized spacial score (nSPS) is 23.2. The van der Waals surface area contributed by atoms with Gasteiger partial charge in [0.1, 0.15) is 11.4 Å². The summed E-state index contributed by atoms with van der Waals surface area (Å²) in [6.07, 6.45) is 6.94.